The number of aliphatic hydroxyl groups excluding tert-OH is 5. The molecule has 222 valence electrons. The van der Waals surface area contributed by atoms with E-state index in [1.54, 1.807) is 23.1 Å². The smallest absolute Gasteiger partial charge is 0.233 e. The number of halogens is 2. The van der Waals surface area contributed by atoms with Gasteiger partial charge in [-0.15, -0.1) is 0 Å². The van der Waals surface area contributed by atoms with Gasteiger partial charge in [-0.05, 0) is 65.9 Å². The minimum absolute atomic E-state index is 0.149. The molecule has 2 fully saturated rings. The summed E-state index contributed by atoms with van der Waals surface area (Å²) in [4.78, 5) is 14.9. The first-order valence-electron chi connectivity index (χ1n) is 13.8. The SMILES string of the molecule is O=C1[C@H](CC[C@H](O)c2ccc(F)cc2)[C@@H](c2ccc(C=C[C@@H]3O[C@H](CO)[C@@H](O)[C@H](O)[C@H]3O)cc2)N1c1ccc(F)cc1. The molecule has 0 saturated carbocycles. The molecule has 2 heterocycles. The number of β-lactam (4-membered cyclic amide) rings is 1. The molecule has 2 aliphatic rings. The van der Waals surface area contributed by atoms with Crippen molar-refractivity contribution in [3.05, 3.63) is 107 Å². The highest BCUT2D eigenvalue weighted by molar-refractivity contribution is 6.03. The average Bonchev–Trinajstić information content (AvgIpc) is 3.00. The van der Waals surface area contributed by atoms with Gasteiger partial charge >= 0.3 is 0 Å². The number of nitrogens with zero attached hydrogens (tertiary/aromatic N) is 1. The summed E-state index contributed by atoms with van der Waals surface area (Å²) in [6, 6.07) is 18.2. The number of benzene rings is 3. The molecule has 0 aromatic heterocycles. The zero-order valence-corrected chi connectivity index (χ0v) is 22.6. The highest BCUT2D eigenvalue weighted by Crippen LogP contribution is 2.46. The summed E-state index contributed by atoms with van der Waals surface area (Å²) in [7, 11) is 0. The molecule has 5 N–H and O–H groups in total. The van der Waals surface area contributed by atoms with E-state index in [4.69, 9.17) is 4.74 Å². The predicted octanol–water partition coefficient (Wildman–Crippen LogP) is 3.04. The number of rotatable bonds is 9. The molecule has 3 aromatic rings. The lowest BCUT2D eigenvalue weighted by Crippen LogP contribution is -2.57. The van der Waals surface area contributed by atoms with Crippen molar-refractivity contribution in [1.29, 1.82) is 0 Å². The van der Waals surface area contributed by atoms with Gasteiger partial charge in [0.05, 0.1) is 24.7 Å². The second-order valence-electron chi connectivity index (χ2n) is 10.7. The minimum Gasteiger partial charge on any atom is -0.394 e. The fourth-order valence-electron chi connectivity index (χ4n) is 5.59. The van der Waals surface area contributed by atoms with E-state index in [0.29, 0.717) is 17.7 Å². The molecule has 8 nitrogen and oxygen atoms in total. The Labute approximate surface area is 241 Å². The van der Waals surface area contributed by atoms with Crippen LogP contribution in [-0.4, -0.2) is 68.6 Å². The van der Waals surface area contributed by atoms with Crippen LogP contribution in [0.1, 0.15) is 41.7 Å². The van der Waals surface area contributed by atoms with Crippen LogP contribution in [0.2, 0.25) is 0 Å². The lowest BCUT2D eigenvalue weighted by Gasteiger charge is -2.48. The number of anilines is 1. The molecule has 0 aliphatic carbocycles. The van der Waals surface area contributed by atoms with Gasteiger partial charge in [0.25, 0.3) is 0 Å². The van der Waals surface area contributed by atoms with E-state index in [-0.39, 0.29) is 18.4 Å². The van der Waals surface area contributed by atoms with Crippen molar-refractivity contribution < 1.29 is 43.8 Å². The van der Waals surface area contributed by atoms with Crippen molar-refractivity contribution in [3.8, 4) is 0 Å². The molecule has 2 saturated heterocycles. The van der Waals surface area contributed by atoms with Crippen LogP contribution in [0.15, 0.2) is 78.9 Å². The molecule has 2 aliphatic heterocycles. The Balaban J connectivity index is 1.33. The molecular weight excluding hydrogens is 548 g/mol. The van der Waals surface area contributed by atoms with Crippen LogP contribution in [0.4, 0.5) is 14.5 Å². The van der Waals surface area contributed by atoms with Crippen LogP contribution in [0.5, 0.6) is 0 Å². The Morgan fingerprint density at radius 2 is 1.48 bits per heavy atom. The van der Waals surface area contributed by atoms with Gasteiger partial charge in [-0.3, -0.25) is 4.79 Å². The Kier molecular flexibility index (Phi) is 9.12. The Hall–Kier alpha value is -3.51. The molecule has 8 atom stereocenters. The minimum atomic E-state index is -1.47. The number of carbonyl (C=O) groups excluding carboxylic acids is 1. The van der Waals surface area contributed by atoms with E-state index in [2.05, 4.69) is 0 Å². The van der Waals surface area contributed by atoms with Gasteiger partial charge in [0, 0.05) is 5.69 Å². The van der Waals surface area contributed by atoms with Gasteiger partial charge < -0.3 is 35.2 Å². The third kappa shape index (κ3) is 6.14. The van der Waals surface area contributed by atoms with E-state index in [1.807, 2.05) is 24.3 Å². The van der Waals surface area contributed by atoms with Crippen LogP contribution in [-0.2, 0) is 9.53 Å². The van der Waals surface area contributed by atoms with Crippen LogP contribution in [0, 0.1) is 17.6 Å². The first-order chi connectivity index (χ1) is 20.2. The number of amides is 1. The number of aliphatic hydroxyl groups is 5. The maximum Gasteiger partial charge on any atom is 0.233 e. The van der Waals surface area contributed by atoms with E-state index in [0.717, 1.165) is 11.1 Å². The molecule has 42 heavy (non-hydrogen) atoms. The summed E-state index contributed by atoms with van der Waals surface area (Å²) in [6.45, 7) is -0.517. The maximum absolute atomic E-state index is 13.6. The largest absolute Gasteiger partial charge is 0.394 e. The van der Waals surface area contributed by atoms with Crippen molar-refractivity contribution in [3.63, 3.8) is 0 Å². The molecule has 0 spiro atoms. The lowest BCUT2D eigenvalue weighted by molar-refractivity contribution is -0.216. The fourth-order valence-corrected chi connectivity index (χ4v) is 5.59. The van der Waals surface area contributed by atoms with Crippen LogP contribution < -0.4 is 4.90 Å². The van der Waals surface area contributed by atoms with E-state index in [1.165, 1.54) is 42.5 Å². The highest BCUT2D eigenvalue weighted by atomic mass is 19.1. The van der Waals surface area contributed by atoms with E-state index in [9.17, 15) is 39.1 Å². The molecule has 0 unspecified atom stereocenters. The van der Waals surface area contributed by atoms with Gasteiger partial charge in [0.1, 0.15) is 42.2 Å². The zero-order chi connectivity index (χ0) is 30.0. The van der Waals surface area contributed by atoms with Gasteiger partial charge in [-0.25, -0.2) is 8.78 Å². The molecule has 1 amide bonds. The Bertz CT molecular complexity index is 1380. The number of carbonyl (C=O) groups is 1. The van der Waals surface area contributed by atoms with Crippen molar-refractivity contribution in [2.45, 2.75) is 55.5 Å². The molecule has 10 heteroatoms. The summed E-state index contributed by atoms with van der Waals surface area (Å²) in [6.07, 6.45) is -3.24. The van der Waals surface area contributed by atoms with Crippen LogP contribution >= 0.6 is 0 Å². The summed E-state index contributed by atoms with van der Waals surface area (Å²) < 4.78 is 32.4. The summed E-state index contributed by atoms with van der Waals surface area (Å²) in [5.74, 6) is -1.41. The molecule has 5 rings (SSSR count). The quantitative estimate of drug-likeness (QED) is 0.246. The second-order valence-corrected chi connectivity index (χ2v) is 10.7. The number of hydrogen-bond acceptors (Lipinski definition) is 7. The monoisotopic (exact) mass is 581 g/mol. The van der Waals surface area contributed by atoms with Crippen molar-refractivity contribution in [2.75, 3.05) is 11.5 Å². The van der Waals surface area contributed by atoms with Gasteiger partial charge in [-0.2, -0.15) is 0 Å². The van der Waals surface area contributed by atoms with Crippen molar-refractivity contribution in [1.82, 2.24) is 0 Å². The molecule has 0 bridgehead atoms. The predicted molar refractivity (Wildman–Crippen MR) is 150 cm³/mol. The number of ether oxygens (including phenoxy) is 1. The summed E-state index contributed by atoms with van der Waals surface area (Å²) in [5, 5.41) is 50.3. The topological polar surface area (TPSA) is 131 Å². The maximum atomic E-state index is 13.6. The fraction of sp³-hybridized carbons (Fsp3) is 0.344. The van der Waals surface area contributed by atoms with Gasteiger partial charge in [0.2, 0.25) is 5.91 Å². The standard InChI is InChI=1S/C32H33F2NO7/c33-21-8-6-19(7-9-21)25(37)15-14-24-28(35(32(24)41)23-12-10-22(34)11-13-23)20-4-1-18(2-5-20)3-16-26-29(38)31(40)30(39)27(17-36)42-26/h1-13,16,24-31,36-40H,14-15,17H2/t24-,25+,26+,27-,28-,29+,30-,31-/m1/s1. The van der Waals surface area contributed by atoms with Gasteiger partial charge in [-0.1, -0.05) is 48.6 Å². The molecule has 3 aromatic carbocycles. The lowest BCUT2D eigenvalue weighted by atomic mass is 9.78. The Morgan fingerprint density at radius 3 is 2.10 bits per heavy atom. The first-order valence-corrected chi connectivity index (χ1v) is 13.8. The van der Waals surface area contributed by atoms with E-state index < -0.39 is 60.8 Å². The molecular formula is C32H33F2NO7. The molecule has 0 radical (unpaired) electrons. The summed E-state index contributed by atoms with van der Waals surface area (Å²) in [5.41, 5.74) is 2.67. The average molecular weight is 582 g/mol. The first kappa shape index (κ1) is 30.0. The number of hydrogen-bond donors (Lipinski definition) is 5. The zero-order valence-electron chi connectivity index (χ0n) is 22.6. The summed E-state index contributed by atoms with van der Waals surface area (Å²) >= 11 is 0. The van der Waals surface area contributed by atoms with Gasteiger partial charge in [0.15, 0.2) is 0 Å². The van der Waals surface area contributed by atoms with Crippen LogP contribution in [0.3, 0.4) is 0 Å². The third-order valence-corrected chi connectivity index (χ3v) is 8.01. The highest BCUT2D eigenvalue weighted by Gasteiger charge is 2.48. The van der Waals surface area contributed by atoms with Crippen molar-refractivity contribution >= 4 is 17.7 Å². The normalized spacial score (nSPS) is 28.6. The Morgan fingerprint density at radius 1 is 0.857 bits per heavy atom. The third-order valence-electron chi connectivity index (χ3n) is 8.01. The van der Waals surface area contributed by atoms with Crippen molar-refractivity contribution in [2.24, 2.45) is 5.92 Å². The second kappa shape index (κ2) is 12.8. The van der Waals surface area contributed by atoms with E-state index >= 15 is 0 Å². The van der Waals surface area contributed by atoms with Crippen LogP contribution in [0.25, 0.3) is 6.08 Å².